The van der Waals surface area contributed by atoms with Crippen molar-refractivity contribution in [2.75, 3.05) is 13.2 Å². The minimum absolute atomic E-state index is 0.0208. The molecule has 0 spiro atoms. The van der Waals surface area contributed by atoms with Gasteiger partial charge in [0.2, 0.25) is 0 Å². The summed E-state index contributed by atoms with van der Waals surface area (Å²) in [5.74, 6) is 0.904. The van der Waals surface area contributed by atoms with E-state index in [-0.39, 0.29) is 42.4 Å². The number of likely N-dealkylation sites (tertiary alicyclic amines) is 1. The van der Waals surface area contributed by atoms with Gasteiger partial charge >= 0.3 is 12.4 Å². The van der Waals surface area contributed by atoms with Crippen molar-refractivity contribution in [2.45, 2.75) is 43.7 Å². The number of imidazole rings is 1. The lowest BCUT2D eigenvalue weighted by molar-refractivity contribution is -0.138. The molecule has 206 valence electrons. The molecule has 13 heteroatoms. The molecule has 0 bridgehead atoms. The Morgan fingerprint density at radius 3 is 2.41 bits per heavy atom. The van der Waals surface area contributed by atoms with Crippen LogP contribution in [0.15, 0.2) is 59.3 Å². The van der Waals surface area contributed by atoms with E-state index in [0.29, 0.717) is 36.5 Å². The van der Waals surface area contributed by atoms with E-state index >= 15 is 0 Å². The molecule has 7 nitrogen and oxygen atoms in total. The fourth-order valence-corrected chi connectivity index (χ4v) is 4.72. The average molecular weight is 551 g/mol. The molecule has 2 unspecified atom stereocenters. The summed E-state index contributed by atoms with van der Waals surface area (Å²) in [7, 11) is 0. The quantitative estimate of drug-likeness (QED) is 0.290. The molecule has 2 aromatic carbocycles. The van der Waals surface area contributed by atoms with Crippen LogP contribution in [0.1, 0.15) is 41.5 Å². The van der Waals surface area contributed by atoms with E-state index in [1.54, 1.807) is 6.20 Å². The van der Waals surface area contributed by atoms with Crippen LogP contribution in [0.4, 0.5) is 26.3 Å². The number of halogens is 6. The topological polar surface area (TPSA) is 91.1 Å². The van der Waals surface area contributed by atoms with E-state index in [0.717, 1.165) is 24.3 Å². The number of alkyl halides is 6. The van der Waals surface area contributed by atoms with Gasteiger partial charge in [0.1, 0.15) is 5.82 Å². The maximum absolute atomic E-state index is 13.0. The van der Waals surface area contributed by atoms with E-state index in [9.17, 15) is 31.4 Å². The third kappa shape index (κ3) is 5.98. The van der Waals surface area contributed by atoms with E-state index in [1.165, 1.54) is 24.3 Å². The number of hydrogen-bond donors (Lipinski definition) is 2. The number of aromatic amines is 1. The second kappa shape index (κ2) is 10.5. The summed E-state index contributed by atoms with van der Waals surface area (Å²) in [6, 6.07) is 9.18. The minimum Gasteiger partial charge on any atom is -0.395 e. The fourth-order valence-electron chi connectivity index (χ4n) is 4.72. The maximum Gasteiger partial charge on any atom is 0.416 e. The number of aliphatic hydroxyl groups excluding tert-OH is 1. The van der Waals surface area contributed by atoms with Gasteiger partial charge in [-0.25, -0.2) is 4.98 Å². The highest BCUT2D eigenvalue weighted by Crippen LogP contribution is 2.34. The van der Waals surface area contributed by atoms with Crippen LogP contribution in [0.2, 0.25) is 0 Å². The van der Waals surface area contributed by atoms with Gasteiger partial charge in [-0.2, -0.15) is 31.3 Å². The third-order valence-electron chi connectivity index (χ3n) is 6.80. The first-order valence-corrected chi connectivity index (χ1v) is 12.1. The zero-order valence-corrected chi connectivity index (χ0v) is 20.3. The molecule has 0 amide bonds. The first kappa shape index (κ1) is 26.9. The predicted octanol–water partition coefficient (Wildman–Crippen LogP) is 5.90. The highest BCUT2D eigenvalue weighted by atomic mass is 19.4. The summed E-state index contributed by atoms with van der Waals surface area (Å²) in [6.45, 7) is 0.635. The Labute approximate surface area is 218 Å². The number of aromatic nitrogens is 4. The maximum atomic E-state index is 13.0. The van der Waals surface area contributed by atoms with Crippen molar-refractivity contribution >= 4 is 0 Å². The molecule has 1 aliphatic heterocycles. The molecule has 5 rings (SSSR count). The van der Waals surface area contributed by atoms with Crippen LogP contribution in [-0.4, -0.2) is 49.3 Å². The van der Waals surface area contributed by atoms with E-state index in [4.69, 9.17) is 4.52 Å². The molecule has 39 heavy (non-hydrogen) atoms. The van der Waals surface area contributed by atoms with Gasteiger partial charge in [-0.05, 0) is 55.3 Å². The summed E-state index contributed by atoms with van der Waals surface area (Å²) in [4.78, 5) is 13.8. The lowest BCUT2D eigenvalue weighted by Gasteiger charge is -2.37. The smallest absolute Gasteiger partial charge is 0.395 e. The number of hydrogen-bond acceptors (Lipinski definition) is 6. The Bertz CT molecular complexity index is 1410. The summed E-state index contributed by atoms with van der Waals surface area (Å²) < 4.78 is 82.8. The van der Waals surface area contributed by atoms with Crippen LogP contribution in [0.25, 0.3) is 22.7 Å². The van der Waals surface area contributed by atoms with Gasteiger partial charge in [-0.1, -0.05) is 23.4 Å². The molecule has 2 atom stereocenters. The molecular formula is C26H23F6N5O2. The Kier molecular flexibility index (Phi) is 7.21. The van der Waals surface area contributed by atoms with E-state index < -0.39 is 23.5 Å². The lowest BCUT2D eigenvalue weighted by atomic mass is 9.90. The van der Waals surface area contributed by atoms with Crippen molar-refractivity contribution in [3.8, 4) is 22.7 Å². The standard InChI is InChI=1S/C26H23F6N5O2/c27-25(28,29)18-6-4-15(5-7-18)21-12-33-23(34-21)16-8-9-37(20(11-16)14-38)13-22-35-24(39-36-22)17-2-1-3-19(10-17)26(30,31)32/h1-7,10,12,16,20,38H,8-9,11,13-14H2,(H,33,34). The molecule has 0 saturated carbocycles. The summed E-state index contributed by atoms with van der Waals surface area (Å²) in [6.07, 6.45) is -6.10. The van der Waals surface area contributed by atoms with Crippen LogP contribution < -0.4 is 0 Å². The Morgan fingerprint density at radius 1 is 0.974 bits per heavy atom. The van der Waals surface area contributed by atoms with E-state index in [1.807, 2.05) is 4.90 Å². The van der Waals surface area contributed by atoms with Crippen molar-refractivity contribution in [2.24, 2.45) is 0 Å². The van der Waals surface area contributed by atoms with Crippen molar-refractivity contribution in [3.05, 3.63) is 77.5 Å². The SMILES string of the molecule is OCC1CC(c2ncc(-c3ccc(C(F)(F)F)cc3)[nH]2)CCN1Cc1noc(-c2cccc(C(F)(F)F)c2)n1. The molecule has 2 aromatic heterocycles. The second-order valence-corrected chi connectivity index (χ2v) is 9.38. The molecule has 0 aliphatic carbocycles. The number of nitrogens with zero attached hydrogens (tertiary/aromatic N) is 4. The molecule has 0 radical (unpaired) electrons. The second-order valence-electron chi connectivity index (χ2n) is 9.38. The largest absolute Gasteiger partial charge is 0.416 e. The monoisotopic (exact) mass is 551 g/mol. The molecule has 4 aromatic rings. The first-order valence-electron chi connectivity index (χ1n) is 12.1. The molecule has 1 fully saturated rings. The molecular weight excluding hydrogens is 528 g/mol. The predicted molar refractivity (Wildman–Crippen MR) is 127 cm³/mol. The normalized spacial score (nSPS) is 18.9. The molecule has 3 heterocycles. The summed E-state index contributed by atoms with van der Waals surface area (Å²) in [5, 5.41) is 13.9. The number of benzene rings is 2. The van der Waals surface area contributed by atoms with Crippen LogP contribution in [-0.2, 0) is 18.9 Å². The minimum atomic E-state index is -4.50. The van der Waals surface area contributed by atoms with Gasteiger partial charge in [0.15, 0.2) is 5.82 Å². The van der Waals surface area contributed by atoms with Gasteiger partial charge in [0.05, 0.1) is 36.2 Å². The van der Waals surface area contributed by atoms with Crippen molar-refractivity contribution in [1.82, 2.24) is 25.0 Å². The van der Waals surface area contributed by atoms with Gasteiger partial charge in [-0.3, -0.25) is 4.90 Å². The molecule has 1 saturated heterocycles. The van der Waals surface area contributed by atoms with Gasteiger partial charge in [0, 0.05) is 17.5 Å². The van der Waals surface area contributed by atoms with Crippen molar-refractivity contribution < 1.29 is 36.0 Å². The highest BCUT2D eigenvalue weighted by molar-refractivity contribution is 5.59. The number of aliphatic hydroxyl groups is 1. The average Bonchev–Trinajstić information content (AvgIpc) is 3.59. The molecule has 2 N–H and O–H groups in total. The highest BCUT2D eigenvalue weighted by Gasteiger charge is 2.33. The number of nitrogens with one attached hydrogen (secondary N) is 1. The Hall–Kier alpha value is -3.71. The van der Waals surface area contributed by atoms with Gasteiger partial charge in [0.25, 0.3) is 5.89 Å². The Balaban J connectivity index is 1.24. The number of H-pyrrole nitrogens is 1. The van der Waals surface area contributed by atoms with E-state index in [2.05, 4.69) is 20.1 Å². The van der Waals surface area contributed by atoms with Crippen LogP contribution in [0, 0.1) is 0 Å². The lowest BCUT2D eigenvalue weighted by Crippen LogP contribution is -2.43. The number of rotatable bonds is 6. The number of piperidine rings is 1. The third-order valence-corrected chi connectivity index (χ3v) is 6.80. The summed E-state index contributed by atoms with van der Waals surface area (Å²) in [5.41, 5.74) is -0.223. The molecule has 1 aliphatic rings. The first-order chi connectivity index (χ1) is 18.5. The summed E-state index contributed by atoms with van der Waals surface area (Å²) >= 11 is 0. The van der Waals surface area contributed by atoms with Crippen molar-refractivity contribution in [1.29, 1.82) is 0 Å². The van der Waals surface area contributed by atoms with Crippen LogP contribution in [0.3, 0.4) is 0 Å². The van der Waals surface area contributed by atoms with Gasteiger partial charge < -0.3 is 14.6 Å². The van der Waals surface area contributed by atoms with Crippen LogP contribution >= 0.6 is 0 Å². The Morgan fingerprint density at radius 2 is 1.72 bits per heavy atom. The van der Waals surface area contributed by atoms with Crippen molar-refractivity contribution in [3.63, 3.8) is 0 Å². The zero-order valence-electron chi connectivity index (χ0n) is 20.3. The van der Waals surface area contributed by atoms with Crippen LogP contribution in [0.5, 0.6) is 0 Å². The van der Waals surface area contributed by atoms with Gasteiger partial charge in [-0.15, -0.1) is 0 Å². The zero-order chi connectivity index (χ0) is 27.8. The fraction of sp³-hybridized carbons (Fsp3) is 0.346.